The molecule has 6 nitrogen and oxygen atoms in total. The van der Waals surface area contributed by atoms with E-state index in [1.807, 2.05) is 0 Å². The molecule has 0 radical (unpaired) electrons. The van der Waals surface area contributed by atoms with E-state index in [-0.39, 0.29) is 17.3 Å². The quantitative estimate of drug-likeness (QED) is 0.431. The van der Waals surface area contributed by atoms with Gasteiger partial charge in [0.1, 0.15) is 23.9 Å². The predicted octanol–water partition coefficient (Wildman–Crippen LogP) is 5.11. The number of aromatic amines is 1. The second kappa shape index (κ2) is 8.19. The molecule has 1 heterocycles. The minimum Gasteiger partial charge on any atom is -0.486 e. The van der Waals surface area contributed by atoms with Crippen molar-refractivity contribution < 1.29 is 31.1 Å². The summed E-state index contributed by atoms with van der Waals surface area (Å²) in [6.45, 7) is 0.0589. The lowest BCUT2D eigenvalue weighted by Gasteiger charge is -2.09. The molecule has 10 heteroatoms. The SMILES string of the molecule is CS(=O)(=O)c1ccccc1-c1ccc2[nH]c(COc3ccc(OC(F)(F)F)cc3)nc2c1. The summed E-state index contributed by atoms with van der Waals surface area (Å²) < 4.78 is 70.3. The molecule has 0 unspecified atom stereocenters. The van der Waals surface area contributed by atoms with E-state index >= 15 is 0 Å². The number of hydrogen-bond acceptors (Lipinski definition) is 5. The van der Waals surface area contributed by atoms with Gasteiger partial charge in [0.05, 0.1) is 15.9 Å². The molecule has 32 heavy (non-hydrogen) atoms. The number of halogens is 3. The number of fused-ring (bicyclic) bond motifs is 1. The van der Waals surface area contributed by atoms with Crippen LogP contribution in [-0.2, 0) is 16.4 Å². The molecule has 166 valence electrons. The lowest BCUT2D eigenvalue weighted by molar-refractivity contribution is -0.274. The lowest BCUT2D eigenvalue weighted by Crippen LogP contribution is -2.16. The average Bonchev–Trinajstić information content (AvgIpc) is 3.14. The Kier molecular flexibility index (Phi) is 5.55. The van der Waals surface area contributed by atoms with E-state index in [9.17, 15) is 21.6 Å². The van der Waals surface area contributed by atoms with E-state index in [0.29, 0.717) is 28.2 Å². The van der Waals surface area contributed by atoms with Crippen LogP contribution in [0.1, 0.15) is 5.82 Å². The molecule has 0 spiro atoms. The summed E-state index contributed by atoms with van der Waals surface area (Å²) in [7, 11) is -3.40. The van der Waals surface area contributed by atoms with Gasteiger partial charge in [-0.3, -0.25) is 0 Å². The molecule has 4 aromatic rings. The van der Waals surface area contributed by atoms with Gasteiger partial charge in [0.15, 0.2) is 9.84 Å². The van der Waals surface area contributed by atoms with Crippen LogP contribution >= 0.6 is 0 Å². The van der Waals surface area contributed by atoms with Crippen molar-refractivity contribution in [1.29, 1.82) is 0 Å². The Morgan fingerprint density at radius 3 is 2.34 bits per heavy atom. The van der Waals surface area contributed by atoms with Crippen LogP contribution in [0.25, 0.3) is 22.2 Å². The number of rotatable bonds is 6. The number of alkyl halides is 3. The molecule has 0 aliphatic rings. The maximum absolute atomic E-state index is 12.2. The first kappa shape index (κ1) is 21.7. The Morgan fingerprint density at radius 2 is 1.66 bits per heavy atom. The summed E-state index contributed by atoms with van der Waals surface area (Å²) in [4.78, 5) is 7.81. The molecule has 0 aliphatic carbocycles. The van der Waals surface area contributed by atoms with Crippen LogP contribution in [0.15, 0.2) is 71.6 Å². The van der Waals surface area contributed by atoms with Crippen molar-refractivity contribution in [1.82, 2.24) is 9.97 Å². The standard InChI is InChI=1S/C22H17F3N2O4S/c1-32(28,29)20-5-3-2-4-17(20)14-6-11-18-19(12-14)27-21(26-18)13-30-15-7-9-16(10-8-15)31-22(23,24)25/h2-12H,13H2,1H3,(H,26,27). The number of H-pyrrole nitrogens is 1. The Balaban J connectivity index is 1.52. The van der Waals surface area contributed by atoms with Gasteiger partial charge in [0.2, 0.25) is 0 Å². The van der Waals surface area contributed by atoms with Crippen LogP contribution in [0.3, 0.4) is 0 Å². The van der Waals surface area contributed by atoms with E-state index < -0.39 is 16.2 Å². The zero-order valence-electron chi connectivity index (χ0n) is 16.7. The molecule has 0 saturated heterocycles. The molecular weight excluding hydrogens is 445 g/mol. The number of aromatic nitrogens is 2. The summed E-state index contributed by atoms with van der Waals surface area (Å²) in [5, 5.41) is 0. The van der Waals surface area contributed by atoms with Crippen LogP contribution in [0.2, 0.25) is 0 Å². The van der Waals surface area contributed by atoms with Crippen molar-refractivity contribution in [3.8, 4) is 22.6 Å². The van der Waals surface area contributed by atoms with Gasteiger partial charge >= 0.3 is 6.36 Å². The zero-order chi connectivity index (χ0) is 22.9. The molecule has 0 atom stereocenters. The second-order valence-corrected chi connectivity index (χ2v) is 8.98. The molecule has 3 aromatic carbocycles. The minimum atomic E-state index is -4.75. The van der Waals surface area contributed by atoms with Crippen molar-refractivity contribution in [3.05, 3.63) is 72.6 Å². The Morgan fingerprint density at radius 1 is 0.969 bits per heavy atom. The van der Waals surface area contributed by atoms with Gasteiger partial charge in [-0.05, 0) is 48.0 Å². The van der Waals surface area contributed by atoms with Crippen molar-refractivity contribution >= 4 is 20.9 Å². The number of nitrogens with zero attached hydrogens (tertiary/aromatic N) is 1. The average molecular weight is 462 g/mol. The van der Waals surface area contributed by atoms with Gasteiger partial charge in [-0.1, -0.05) is 24.3 Å². The molecular formula is C22H17F3N2O4S. The summed E-state index contributed by atoms with van der Waals surface area (Å²) in [6.07, 6.45) is -3.59. The predicted molar refractivity (Wildman–Crippen MR) is 112 cm³/mol. The molecule has 0 amide bonds. The monoisotopic (exact) mass is 462 g/mol. The highest BCUT2D eigenvalue weighted by molar-refractivity contribution is 7.90. The Bertz CT molecular complexity index is 1360. The summed E-state index contributed by atoms with van der Waals surface area (Å²) >= 11 is 0. The molecule has 4 rings (SSSR count). The second-order valence-electron chi connectivity index (χ2n) is 6.99. The molecule has 0 bridgehead atoms. The normalized spacial score (nSPS) is 12.1. The number of ether oxygens (including phenoxy) is 2. The zero-order valence-corrected chi connectivity index (χ0v) is 17.5. The number of nitrogens with one attached hydrogen (secondary N) is 1. The van der Waals surface area contributed by atoms with E-state index in [2.05, 4.69) is 14.7 Å². The maximum atomic E-state index is 12.2. The fourth-order valence-electron chi connectivity index (χ4n) is 3.21. The minimum absolute atomic E-state index is 0.0589. The van der Waals surface area contributed by atoms with Crippen LogP contribution in [0, 0.1) is 0 Å². The number of hydrogen-bond donors (Lipinski definition) is 1. The highest BCUT2D eigenvalue weighted by atomic mass is 32.2. The van der Waals surface area contributed by atoms with Gasteiger partial charge in [-0.2, -0.15) is 0 Å². The summed E-state index contributed by atoms with van der Waals surface area (Å²) in [6, 6.07) is 17.2. The van der Waals surface area contributed by atoms with Crippen molar-refractivity contribution in [2.75, 3.05) is 6.26 Å². The van der Waals surface area contributed by atoms with E-state index in [1.54, 1.807) is 42.5 Å². The summed E-state index contributed by atoms with van der Waals surface area (Å²) in [5.41, 5.74) is 2.65. The van der Waals surface area contributed by atoms with E-state index in [1.165, 1.54) is 12.1 Å². The number of imidazole rings is 1. The van der Waals surface area contributed by atoms with Gasteiger partial charge in [0.25, 0.3) is 0 Å². The largest absolute Gasteiger partial charge is 0.573 e. The van der Waals surface area contributed by atoms with Crippen LogP contribution in [0.5, 0.6) is 11.5 Å². The highest BCUT2D eigenvalue weighted by Crippen LogP contribution is 2.30. The van der Waals surface area contributed by atoms with Crippen LogP contribution < -0.4 is 9.47 Å². The maximum Gasteiger partial charge on any atom is 0.573 e. The van der Waals surface area contributed by atoms with Gasteiger partial charge in [-0.25, -0.2) is 13.4 Å². The third-order valence-corrected chi connectivity index (χ3v) is 5.72. The van der Waals surface area contributed by atoms with Crippen LogP contribution in [-0.4, -0.2) is 31.0 Å². The third-order valence-electron chi connectivity index (χ3n) is 4.56. The highest BCUT2D eigenvalue weighted by Gasteiger charge is 2.31. The number of sulfone groups is 1. The van der Waals surface area contributed by atoms with Crippen molar-refractivity contribution in [2.45, 2.75) is 17.9 Å². The van der Waals surface area contributed by atoms with E-state index in [0.717, 1.165) is 23.9 Å². The molecule has 1 N–H and O–H groups in total. The molecule has 0 aliphatic heterocycles. The molecule has 1 aromatic heterocycles. The smallest absolute Gasteiger partial charge is 0.486 e. The first-order chi connectivity index (χ1) is 15.1. The fraction of sp³-hybridized carbons (Fsp3) is 0.136. The number of benzene rings is 3. The molecule has 0 saturated carbocycles. The van der Waals surface area contributed by atoms with Crippen molar-refractivity contribution in [2.24, 2.45) is 0 Å². The Hall–Kier alpha value is -3.53. The summed E-state index contributed by atoms with van der Waals surface area (Å²) in [5.74, 6) is 0.516. The van der Waals surface area contributed by atoms with Gasteiger partial charge < -0.3 is 14.5 Å². The lowest BCUT2D eigenvalue weighted by atomic mass is 10.1. The third kappa shape index (κ3) is 5.02. The first-order valence-electron chi connectivity index (χ1n) is 9.35. The Labute approximate surface area is 181 Å². The topological polar surface area (TPSA) is 81.3 Å². The van der Waals surface area contributed by atoms with E-state index in [4.69, 9.17) is 4.74 Å². The van der Waals surface area contributed by atoms with Gasteiger partial charge in [0, 0.05) is 11.8 Å². The van der Waals surface area contributed by atoms with Crippen molar-refractivity contribution in [3.63, 3.8) is 0 Å². The van der Waals surface area contributed by atoms with Crippen LogP contribution in [0.4, 0.5) is 13.2 Å². The van der Waals surface area contributed by atoms with Gasteiger partial charge in [-0.15, -0.1) is 13.2 Å². The fourth-order valence-corrected chi connectivity index (χ4v) is 4.12. The molecule has 0 fully saturated rings. The first-order valence-corrected chi connectivity index (χ1v) is 11.2.